The van der Waals surface area contributed by atoms with Crippen LogP contribution in [0.5, 0.6) is 0 Å². The molecule has 0 aromatic heterocycles. The normalized spacial score (nSPS) is 11.5. The van der Waals surface area contributed by atoms with Crippen molar-refractivity contribution in [1.29, 1.82) is 0 Å². The lowest BCUT2D eigenvalue weighted by Crippen LogP contribution is -2.29. The molecule has 0 fully saturated rings. The number of thioether (sulfide) groups is 1. The van der Waals surface area contributed by atoms with E-state index in [1.165, 1.54) is 134 Å². The van der Waals surface area contributed by atoms with Crippen LogP contribution in [0.2, 0.25) is 0 Å². The summed E-state index contributed by atoms with van der Waals surface area (Å²) in [5, 5.41) is 9.35. The van der Waals surface area contributed by atoms with Crippen molar-refractivity contribution in [2.45, 2.75) is 271 Å². The van der Waals surface area contributed by atoms with E-state index in [4.69, 9.17) is 34.2 Å². The van der Waals surface area contributed by atoms with Gasteiger partial charge in [0.05, 0.1) is 32.5 Å². The minimum atomic E-state index is -4.73. The number of hydrogen-bond donors (Lipinski definition) is 5. The molecule has 0 aliphatic carbocycles. The number of carbonyl (C=O) groups excluding carboxylic acids is 4. The number of allylic oxidation sites excluding steroid dienone is 5. The minimum Gasteiger partial charge on any atom is -0.463 e. The topological polar surface area (TPSA) is 250 Å². The van der Waals surface area contributed by atoms with Gasteiger partial charge in [0, 0.05) is 6.42 Å². The van der Waals surface area contributed by atoms with Crippen LogP contribution >= 0.6 is 27.4 Å². The first-order valence-electron chi connectivity index (χ1n) is 27.3. The molecule has 0 saturated carbocycles. The van der Waals surface area contributed by atoms with Crippen LogP contribution in [0.15, 0.2) is 48.6 Å². The molecule has 0 saturated heterocycles. The Morgan fingerprint density at radius 2 is 0.766 bits per heavy atom. The Labute approximate surface area is 476 Å². The van der Waals surface area contributed by atoms with Crippen molar-refractivity contribution in [2.75, 3.05) is 32.7 Å². The number of phosphoric acid groups is 2. The molecule has 19 heteroatoms. The Kier molecular flexibility index (Phi) is 92.2. The van der Waals surface area contributed by atoms with Crippen LogP contribution in [-0.4, -0.2) is 92.6 Å². The fourth-order valence-corrected chi connectivity index (χ4v) is 6.34. The van der Waals surface area contributed by atoms with Crippen molar-refractivity contribution >= 4 is 50.4 Å². The molecule has 0 heterocycles. The zero-order chi connectivity index (χ0) is 57.6. The predicted octanol–water partition coefficient (Wildman–Crippen LogP) is 16.9. The number of unbranched alkanes of at least 4 members (excludes halogenated alkanes) is 18. The molecule has 0 bridgehead atoms. The van der Waals surface area contributed by atoms with E-state index < -0.39 is 59.0 Å². The van der Waals surface area contributed by atoms with Crippen molar-refractivity contribution in [1.82, 2.24) is 0 Å². The van der Waals surface area contributed by atoms with Crippen LogP contribution in [0, 0.1) is 0 Å². The molecule has 0 aromatic rings. The number of carbonyl (C=O) groups is 4. The number of hydrogen-bond acceptors (Lipinski definition) is 13. The van der Waals surface area contributed by atoms with Gasteiger partial charge in [-0.3, -0.25) is 28.2 Å². The van der Waals surface area contributed by atoms with Gasteiger partial charge in [-0.1, -0.05) is 260 Å². The van der Waals surface area contributed by atoms with Crippen molar-refractivity contribution in [2.24, 2.45) is 0 Å². The molecule has 0 aromatic carbocycles. The molecule has 2 atom stereocenters. The lowest BCUT2D eigenvalue weighted by atomic mass is 10.1. The Hall–Kier alpha value is -2.43. The third kappa shape index (κ3) is 103. The molecular weight excluding hydrogens is 1050 g/mol. The maximum absolute atomic E-state index is 11.9. The fourth-order valence-electron chi connectivity index (χ4n) is 5.35. The van der Waals surface area contributed by atoms with Crippen molar-refractivity contribution in [3.63, 3.8) is 0 Å². The van der Waals surface area contributed by atoms with Crippen molar-refractivity contribution < 1.29 is 76.2 Å². The van der Waals surface area contributed by atoms with Crippen LogP contribution in [0.3, 0.4) is 0 Å². The Morgan fingerprint density at radius 1 is 0.442 bits per heavy atom. The predicted molar refractivity (Wildman–Crippen MR) is 326 cm³/mol. The van der Waals surface area contributed by atoms with E-state index in [9.17, 15) is 28.3 Å². The zero-order valence-corrected chi connectivity index (χ0v) is 50.6. The fraction of sp³-hybridized carbons (Fsp3) is 0.793. The molecule has 77 heavy (non-hydrogen) atoms. The second-order valence-electron chi connectivity index (χ2n) is 17.0. The summed E-state index contributed by atoms with van der Waals surface area (Å²) in [5.41, 5.74) is 0. The first-order valence-corrected chi connectivity index (χ1v) is 31.6. The van der Waals surface area contributed by atoms with E-state index in [0.717, 1.165) is 19.3 Å². The lowest BCUT2D eigenvalue weighted by Gasteiger charge is -2.18. The maximum atomic E-state index is 11.9. The molecule has 5 N–H and O–H groups in total. The van der Waals surface area contributed by atoms with Crippen molar-refractivity contribution in [3.8, 4) is 0 Å². The minimum absolute atomic E-state index is 0. The summed E-state index contributed by atoms with van der Waals surface area (Å²) in [5.74, 6) is -1.67. The van der Waals surface area contributed by atoms with Gasteiger partial charge < -0.3 is 38.9 Å². The molecule has 0 unspecified atom stereocenters. The lowest BCUT2D eigenvalue weighted by molar-refractivity contribution is -0.160. The van der Waals surface area contributed by atoms with Gasteiger partial charge in [0.1, 0.15) is 19.3 Å². The molecule has 0 spiro atoms. The SMILES string of the molecule is C.C.C.C/C=C\CC(=O)OC[C@@H](O)COP(=O)(O)O.C/C=C\CC(=O)OC[C@H](COP(=O)(O)O)OC(=O)C/C=C\CCCCCCCC.C/C=C\CC(=O)SC.CCCCCCC.CCCCCCC.CCCCCCC. The second-order valence-corrected chi connectivity index (χ2v) is 20.4. The van der Waals surface area contributed by atoms with Gasteiger partial charge >= 0.3 is 33.6 Å². The quantitative estimate of drug-likeness (QED) is 0.0127. The van der Waals surface area contributed by atoms with Crippen LogP contribution in [0.25, 0.3) is 0 Å². The number of ether oxygens (including phenoxy) is 3. The number of phosphoric ester groups is 2. The highest BCUT2D eigenvalue weighted by Gasteiger charge is 2.22. The first-order chi connectivity index (χ1) is 35.2. The molecular formula is C58H120O16P2S. The van der Waals surface area contributed by atoms with Gasteiger partial charge in [-0.25, -0.2) is 9.13 Å². The van der Waals surface area contributed by atoms with Gasteiger partial charge in [-0.05, 0) is 39.9 Å². The molecule has 0 aliphatic rings. The standard InChI is InChI=1S/C20H35O8P.C8H15O7P.3C7H16.C6H10OS.3CH4/c1-3-5-7-8-9-10-11-12-13-15-20(22)28-18(17-27-29(23,24)25)16-26-19(21)14-6-4-2;1-2-3-4-8(10)14-5-7(9)6-15-16(11,12)13;3*1-3-5-7-6-4-2;1-3-4-5-6(7)8-2;;;/h4,6,12-13,18H,3,5,7-11,14-17H2,1-2H3,(H2,23,24,25);2-3,7,9H,4-6H2,1H3,(H2,11,12,13);3*3-7H2,1-2H3;3-4H,5H2,1-2H3;3*1H4/b6-4-,13-12-;3-2-;;;;4-3-;;;/t18-;7-;;;;;;;/m11......./s1. The summed E-state index contributed by atoms with van der Waals surface area (Å²) in [7, 11) is -9.33. The molecule has 464 valence electrons. The van der Waals surface area contributed by atoms with Gasteiger partial charge in [-0.2, -0.15) is 0 Å². The monoisotopic (exact) mass is 1170 g/mol. The Bertz CT molecular complexity index is 1410. The van der Waals surface area contributed by atoms with E-state index in [0.29, 0.717) is 6.42 Å². The van der Waals surface area contributed by atoms with Gasteiger partial charge in [0.2, 0.25) is 0 Å². The summed E-state index contributed by atoms with van der Waals surface area (Å²) < 4.78 is 44.2. The van der Waals surface area contributed by atoms with Gasteiger partial charge in [0.15, 0.2) is 11.2 Å². The first kappa shape index (κ1) is 93.9. The molecule has 16 nitrogen and oxygen atoms in total. The number of aliphatic hydroxyl groups excluding tert-OH is 1. The summed E-state index contributed by atoms with van der Waals surface area (Å²) >= 11 is 1.27. The van der Waals surface area contributed by atoms with E-state index in [1.807, 2.05) is 25.2 Å². The largest absolute Gasteiger partial charge is 0.469 e. The van der Waals surface area contributed by atoms with Crippen LogP contribution in [-0.2, 0) is 51.6 Å². The Balaban J connectivity index is -0.000000115. The average Bonchev–Trinajstić information content (AvgIpc) is 3.36. The number of rotatable bonds is 38. The number of aliphatic hydroxyl groups is 1. The average molecular weight is 1170 g/mol. The zero-order valence-electron chi connectivity index (χ0n) is 48.0. The van der Waals surface area contributed by atoms with Crippen LogP contribution in [0.4, 0.5) is 0 Å². The van der Waals surface area contributed by atoms with E-state index in [1.54, 1.807) is 50.5 Å². The molecule has 0 amide bonds. The van der Waals surface area contributed by atoms with Gasteiger partial charge in [-0.15, -0.1) is 0 Å². The smallest absolute Gasteiger partial charge is 0.463 e. The summed E-state index contributed by atoms with van der Waals surface area (Å²) in [6.45, 7) is 19.2. The van der Waals surface area contributed by atoms with Crippen molar-refractivity contribution in [3.05, 3.63) is 48.6 Å². The molecule has 0 radical (unpaired) electrons. The van der Waals surface area contributed by atoms with E-state index >= 15 is 0 Å². The Morgan fingerprint density at radius 3 is 1.13 bits per heavy atom. The van der Waals surface area contributed by atoms with E-state index in [-0.39, 0.29) is 59.9 Å². The number of esters is 3. The second kappa shape index (κ2) is 75.6. The molecule has 0 aliphatic heterocycles. The summed E-state index contributed by atoms with van der Waals surface area (Å²) in [6.07, 6.45) is 43.2. The summed E-state index contributed by atoms with van der Waals surface area (Å²) in [6, 6.07) is 0. The van der Waals surface area contributed by atoms with Crippen LogP contribution < -0.4 is 0 Å². The van der Waals surface area contributed by atoms with Crippen LogP contribution in [0.1, 0.15) is 258 Å². The van der Waals surface area contributed by atoms with Gasteiger partial charge in [0.25, 0.3) is 0 Å². The third-order valence-corrected chi connectivity index (χ3v) is 11.2. The van der Waals surface area contributed by atoms with E-state index in [2.05, 4.69) is 62.3 Å². The summed E-state index contributed by atoms with van der Waals surface area (Å²) in [4.78, 5) is 79.1. The highest BCUT2D eigenvalue weighted by Crippen LogP contribution is 2.36. The molecule has 0 rings (SSSR count). The third-order valence-electron chi connectivity index (χ3n) is 9.61. The highest BCUT2D eigenvalue weighted by atomic mass is 32.2. The maximum Gasteiger partial charge on any atom is 0.469 e. The highest BCUT2D eigenvalue weighted by molar-refractivity contribution is 8.13.